The molecule has 2 rings (SSSR count). The predicted octanol–water partition coefficient (Wildman–Crippen LogP) is 2.27. The number of rotatable bonds is 3. The van der Waals surface area contributed by atoms with Gasteiger partial charge in [-0.25, -0.2) is 0 Å². The Bertz CT molecular complexity index is 750. The van der Waals surface area contributed by atoms with E-state index >= 15 is 0 Å². The van der Waals surface area contributed by atoms with E-state index in [9.17, 15) is 13.0 Å². The molecule has 20 heavy (non-hydrogen) atoms. The zero-order valence-electron chi connectivity index (χ0n) is 10.5. The fourth-order valence-corrected chi connectivity index (χ4v) is 2.42. The van der Waals surface area contributed by atoms with E-state index in [2.05, 4.69) is 0 Å². The lowest BCUT2D eigenvalue weighted by atomic mass is 10.1. The van der Waals surface area contributed by atoms with Crippen LogP contribution >= 0.6 is 0 Å². The molecule has 0 radical (unpaired) electrons. The second-order valence-corrected chi connectivity index (χ2v) is 5.66. The second kappa shape index (κ2) is 5.36. The molecule has 0 aliphatic heterocycles. The van der Waals surface area contributed by atoms with Crippen molar-refractivity contribution >= 4 is 33.6 Å². The minimum atomic E-state index is -4.32. The zero-order chi connectivity index (χ0) is 14.8. The lowest BCUT2D eigenvalue weighted by Crippen LogP contribution is -2.02. The highest BCUT2D eigenvalue weighted by atomic mass is 32.2. The lowest BCUT2D eigenvalue weighted by molar-refractivity contribution is 0.483. The molecule has 5 N–H and O–H groups in total. The van der Waals surface area contributed by atoms with Crippen molar-refractivity contribution in [2.75, 3.05) is 11.5 Å². The first-order valence-electron chi connectivity index (χ1n) is 5.77. The minimum Gasteiger partial charge on any atom is -0.399 e. The average molecular weight is 290 g/mol. The van der Waals surface area contributed by atoms with Crippen molar-refractivity contribution in [3.63, 3.8) is 0 Å². The van der Waals surface area contributed by atoms with E-state index in [1.165, 1.54) is 12.1 Å². The van der Waals surface area contributed by atoms with Gasteiger partial charge in [0, 0.05) is 11.4 Å². The van der Waals surface area contributed by atoms with Crippen molar-refractivity contribution in [2.24, 2.45) is 0 Å². The van der Waals surface area contributed by atoms with Crippen LogP contribution in [0.1, 0.15) is 11.1 Å². The van der Waals surface area contributed by atoms with Crippen LogP contribution in [0, 0.1) is 0 Å². The Hall–Kier alpha value is -2.31. The average Bonchev–Trinajstić information content (AvgIpc) is 2.38. The van der Waals surface area contributed by atoms with Crippen LogP contribution in [0.5, 0.6) is 0 Å². The molecule has 0 bridgehead atoms. The maximum absolute atomic E-state index is 11.3. The van der Waals surface area contributed by atoms with Crippen LogP contribution in [0.25, 0.3) is 12.2 Å². The number of hydrogen-bond acceptors (Lipinski definition) is 4. The number of anilines is 2. The molecule has 0 atom stereocenters. The summed E-state index contributed by atoms with van der Waals surface area (Å²) in [6, 6.07) is 11.4. The van der Waals surface area contributed by atoms with Gasteiger partial charge in [0.05, 0.1) is 0 Å². The van der Waals surface area contributed by atoms with Gasteiger partial charge in [-0.1, -0.05) is 30.4 Å². The van der Waals surface area contributed by atoms with E-state index in [1.54, 1.807) is 42.5 Å². The van der Waals surface area contributed by atoms with Crippen LogP contribution in [-0.4, -0.2) is 13.0 Å². The summed E-state index contributed by atoms with van der Waals surface area (Å²) in [5, 5.41) is 0. The van der Waals surface area contributed by atoms with E-state index in [0.717, 1.165) is 5.56 Å². The molecule has 104 valence electrons. The van der Waals surface area contributed by atoms with Gasteiger partial charge in [-0.15, -0.1) is 0 Å². The molecular formula is C14H14N2O3S. The Kier molecular flexibility index (Phi) is 3.78. The lowest BCUT2D eigenvalue weighted by Gasteiger charge is -2.04. The normalized spacial score (nSPS) is 11.8. The van der Waals surface area contributed by atoms with Gasteiger partial charge in [-0.3, -0.25) is 4.55 Å². The number of benzene rings is 2. The quantitative estimate of drug-likeness (QED) is 0.456. The van der Waals surface area contributed by atoms with Gasteiger partial charge in [0.15, 0.2) is 0 Å². The van der Waals surface area contributed by atoms with Crippen molar-refractivity contribution in [1.82, 2.24) is 0 Å². The maximum Gasteiger partial charge on any atom is 0.295 e. The van der Waals surface area contributed by atoms with E-state index in [1.807, 2.05) is 0 Å². The first-order valence-corrected chi connectivity index (χ1v) is 7.21. The third kappa shape index (κ3) is 3.37. The number of hydrogen-bond donors (Lipinski definition) is 3. The van der Waals surface area contributed by atoms with Crippen molar-refractivity contribution in [3.8, 4) is 0 Å². The molecule has 6 heteroatoms. The third-order valence-electron chi connectivity index (χ3n) is 2.71. The molecule has 0 aliphatic rings. The van der Waals surface area contributed by atoms with Crippen LogP contribution in [0.4, 0.5) is 11.4 Å². The largest absolute Gasteiger partial charge is 0.399 e. The molecule has 0 aliphatic carbocycles. The standard InChI is InChI=1S/C14H14N2O3S/c15-12-6-2-10(3-7-12)1-4-11-5-8-13(16)9-14(11)20(17,18)19/h1-9H,15-16H2,(H,17,18,19). The van der Waals surface area contributed by atoms with Gasteiger partial charge in [-0.05, 0) is 35.4 Å². The first-order chi connectivity index (χ1) is 9.36. The highest BCUT2D eigenvalue weighted by Crippen LogP contribution is 2.21. The Morgan fingerprint density at radius 2 is 1.50 bits per heavy atom. The van der Waals surface area contributed by atoms with Crippen molar-refractivity contribution < 1.29 is 13.0 Å². The molecular weight excluding hydrogens is 276 g/mol. The van der Waals surface area contributed by atoms with E-state index < -0.39 is 10.1 Å². The summed E-state index contributed by atoms with van der Waals surface area (Å²) < 4.78 is 31.8. The molecule has 2 aromatic carbocycles. The SMILES string of the molecule is Nc1ccc(C=Cc2ccc(N)cc2S(=O)(=O)O)cc1. The smallest absolute Gasteiger partial charge is 0.295 e. The van der Waals surface area contributed by atoms with Crippen molar-refractivity contribution in [1.29, 1.82) is 0 Å². The molecule has 0 saturated heterocycles. The first kappa shape index (κ1) is 14.1. The summed E-state index contributed by atoms with van der Waals surface area (Å²) in [5.74, 6) is 0. The molecule has 0 heterocycles. The van der Waals surface area contributed by atoms with Crippen LogP contribution in [-0.2, 0) is 10.1 Å². The fraction of sp³-hybridized carbons (Fsp3) is 0. The van der Waals surface area contributed by atoms with Crippen LogP contribution < -0.4 is 11.5 Å². The topological polar surface area (TPSA) is 106 Å². The Balaban J connectivity index is 2.41. The van der Waals surface area contributed by atoms with Crippen molar-refractivity contribution in [3.05, 3.63) is 53.6 Å². The highest BCUT2D eigenvalue weighted by Gasteiger charge is 2.14. The van der Waals surface area contributed by atoms with Gasteiger partial charge in [0.25, 0.3) is 10.1 Å². The molecule has 0 spiro atoms. The van der Waals surface area contributed by atoms with Gasteiger partial charge >= 0.3 is 0 Å². The summed E-state index contributed by atoms with van der Waals surface area (Å²) in [7, 11) is -4.32. The van der Waals surface area contributed by atoms with Gasteiger partial charge in [0.2, 0.25) is 0 Å². The minimum absolute atomic E-state index is 0.218. The number of nitrogen functional groups attached to an aromatic ring is 2. The summed E-state index contributed by atoms with van der Waals surface area (Å²) in [5.41, 5.74) is 13.2. The Labute approximate surface area is 117 Å². The van der Waals surface area contributed by atoms with E-state index in [-0.39, 0.29) is 10.6 Å². The molecule has 0 saturated carbocycles. The molecule has 0 aromatic heterocycles. The Morgan fingerprint density at radius 1 is 0.900 bits per heavy atom. The zero-order valence-corrected chi connectivity index (χ0v) is 11.3. The van der Waals surface area contributed by atoms with Gasteiger partial charge in [0.1, 0.15) is 4.90 Å². The van der Waals surface area contributed by atoms with Crippen LogP contribution in [0.15, 0.2) is 47.4 Å². The molecule has 0 fully saturated rings. The fourth-order valence-electron chi connectivity index (χ4n) is 1.71. The summed E-state index contributed by atoms with van der Waals surface area (Å²) in [6.07, 6.45) is 3.31. The maximum atomic E-state index is 11.3. The predicted molar refractivity (Wildman–Crippen MR) is 80.5 cm³/mol. The molecule has 0 amide bonds. The third-order valence-corrected chi connectivity index (χ3v) is 3.62. The second-order valence-electron chi connectivity index (χ2n) is 4.27. The van der Waals surface area contributed by atoms with E-state index in [0.29, 0.717) is 11.3 Å². The van der Waals surface area contributed by atoms with Gasteiger partial charge < -0.3 is 11.5 Å². The monoisotopic (exact) mass is 290 g/mol. The molecule has 0 unspecified atom stereocenters. The van der Waals surface area contributed by atoms with Crippen LogP contribution in [0.3, 0.4) is 0 Å². The van der Waals surface area contributed by atoms with Gasteiger partial charge in [-0.2, -0.15) is 8.42 Å². The summed E-state index contributed by atoms with van der Waals surface area (Å²) >= 11 is 0. The molecule has 2 aromatic rings. The van der Waals surface area contributed by atoms with Crippen molar-refractivity contribution in [2.45, 2.75) is 4.90 Å². The highest BCUT2D eigenvalue weighted by molar-refractivity contribution is 7.86. The summed E-state index contributed by atoms with van der Waals surface area (Å²) in [4.78, 5) is -0.218. The van der Waals surface area contributed by atoms with Crippen LogP contribution in [0.2, 0.25) is 0 Å². The summed E-state index contributed by atoms with van der Waals surface area (Å²) in [6.45, 7) is 0. The number of nitrogens with two attached hydrogens (primary N) is 2. The Morgan fingerprint density at radius 3 is 2.10 bits per heavy atom. The molecule has 5 nitrogen and oxygen atoms in total. The van der Waals surface area contributed by atoms with E-state index in [4.69, 9.17) is 11.5 Å².